The Hall–Kier alpha value is -3.74. The Morgan fingerprint density at radius 3 is 2.52 bits per heavy atom. The van der Waals surface area contributed by atoms with Gasteiger partial charge in [0, 0.05) is 11.5 Å². The number of amides is 2. The van der Waals surface area contributed by atoms with Gasteiger partial charge in [-0.15, -0.1) is 0 Å². The Morgan fingerprint density at radius 2 is 1.78 bits per heavy atom. The maximum absolute atomic E-state index is 12.3. The Bertz CT molecular complexity index is 1120. The van der Waals surface area contributed by atoms with E-state index in [9.17, 15) is 14.4 Å². The maximum Gasteiger partial charge on any atom is 0.290 e. The Labute approximate surface area is 155 Å². The number of fused-ring (bicyclic) bond motifs is 1. The van der Waals surface area contributed by atoms with Crippen molar-refractivity contribution in [1.82, 2.24) is 21.0 Å². The molecule has 0 unspecified atom stereocenters. The monoisotopic (exact) mass is 362 g/mol. The van der Waals surface area contributed by atoms with Crippen molar-refractivity contribution in [2.45, 2.75) is 13.8 Å². The number of aryl methyl sites for hydroxylation is 2. The fraction of sp³-hybridized carbons (Fsp3) is 0.100. The van der Waals surface area contributed by atoms with E-state index in [0.717, 1.165) is 16.7 Å². The summed E-state index contributed by atoms with van der Waals surface area (Å²) >= 11 is 0. The molecule has 1 heterocycles. The highest BCUT2D eigenvalue weighted by atomic mass is 16.2. The van der Waals surface area contributed by atoms with Crippen molar-refractivity contribution in [2.24, 2.45) is 0 Å². The fourth-order valence-corrected chi connectivity index (χ4v) is 2.69. The average molecular weight is 362 g/mol. The summed E-state index contributed by atoms with van der Waals surface area (Å²) in [5.41, 5.74) is 7.33. The van der Waals surface area contributed by atoms with Crippen molar-refractivity contribution < 1.29 is 9.59 Å². The standard InChI is InChI=1S/C20H18N4O3/c1-12-7-8-14(13(2)11-12)9-10-17(25)21-24-20(27)18-15-5-3-4-6-16(15)19(26)23-22-18/h3-11H,1-2H3,(H,21,25)(H,23,26)(H,24,27)/b10-9+. The number of carbonyl (C=O) groups excluding carboxylic acids is 2. The molecule has 3 rings (SSSR count). The zero-order valence-electron chi connectivity index (χ0n) is 14.9. The van der Waals surface area contributed by atoms with Gasteiger partial charge < -0.3 is 0 Å². The van der Waals surface area contributed by atoms with E-state index in [2.05, 4.69) is 21.0 Å². The SMILES string of the molecule is Cc1ccc(/C=C/C(=O)NNC(=O)c2n[nH]c(=O)c3ccccc23)c(C)c1. The number of hydrazine groups is 1. The van der Waals surface area contributed by atoms with Crippen LogP contribution in [-0.2, 0) is 4.79 Å². The van der Waals surface area contributed by atoms with E-state index in [1.54, 1.807) is 30.3 Å². The molecule has 0 radical (unpaired) electrons. The molecule has 0 atom stereocenters. The lowest BCUT2D eigenvalue weighted by atomic mass is 10.1. The molecule has 1 aromatic heterocycles. The van der Waals surface area contributed by atoms with E-state index in [-0.39, 0.29) is 11.3 Å². The van der Waals surface area contributed by atoms with Crippen molar-refractivity contribution >= 4 is 28.7 Å². The van der Waals surface area contributed by atoms with E-state index < -0.39 is 11.8 Å². The van der Waals surface area contributed by atoms with Gasteiger partial charge in [-0.25, -0.2) is 5.10 Å². The van der Waals surface area contributed by atoms with Crippen LogP contribution in [0.25, 0.3) is 16.8 Å². The van der Waals surface area contributed by atoms with Crippen molar-refractivity contribution in [2.75, 3.05) is 0 Å². The van der Waals surface area contributed by atoms with Crippen molar-refractivity contribution in [3.8, 4) is 0 Å². The van der Waals surface area contributed by atoms with Crippen molar-refractivity contribution in [1.29, 1.82) is 0 Å². The summed E-state index contributed by atoms with van der Waals surface area (Å²) in [5.74, 6) is -1.12. The molecule has 0 saturated carbocycles. The second-order valence-corrected chi connectivity index (χ2v) is 6.08. The molecular formula is C20H18N4O3. The number of aromatic nitrogens is 2. The van der Waals surface area contributed by atoms with Crippen molar-refractivity contribution in [3.63, 3.8) is 0 Å². The molecule has 2 amide bonds. The first-order valence-corrected chi connectivity index (χ1v) is 8.29. The summed E-state index contributed by atoms with van der Waals surface area (Å²) in [6, 6.07) is 12.5. The first-order valence-electron chi connectivity index (χ1n) is 8.29. The average Bonchev–Trinajstić information content (AvgIpc) is 2.66. The van der Waals surface area contributed by atoms with E-state index in [4.69, 9.17) is 0 Å². The third kappa shape index (κ3) is 4.09. The Kier molecular flexibility index (Phi) is 5.12. The number of rotatable bonds is 3. The summed E-state index contributed by atoms with van der Waals surface area (Å²) in [7, 11) is 0. The van der Waals surface area contributed by atoms with Crippen LogP contribution in [0.5, 0.6) is 0 Å². The van der Waals surface area contributed by atoms with Gasteiger partial charge in [0.05, 0.1) is 5.39 Å². The highest BCUT2D eigenvalue weighted by Gasteiger charge is 2.14. The van der Waals surface area contributed by atoms with Gasteiger partial charge >= 0.3 is 0 Å². The van der Waals surface area contributed by atoms with Crippen molar-refractivity contribution in [3.05, 3.63) is 81.3 Å². The number of benzene rings is 2. The molecule has 27 heavy (non-hydrogen) atoms. The van der Waals surface area contributed by atoms with Gasteiger partial charge in [-0.2, -0.15) is 5.10 Å². The topological polar surface area (TPSA) is 104 Å². The molecule has 7 heteroatoms. The minimum Gasteiger partial charge on any atom is -0.268 e. The summed E-state index contributed by atoms with van der Waals surface area (Å²) in [6.07, 6.45) is 3.00. The number of hydrogen-bond acceptors (Lipinski definition) is 4. The quantitative estimate of drug-likeness (QED) is 0.490. The summed E-state index contributed by atoms with van der Waals surface area (Å²) < 4.78 is 0. The molecule has 3 N–H and O–H groups in total. The number of H-pyrrole nitrogens is 1. The molecular weight excluding hydrogens is 344 g/mol. The molecule has 0 aliphatic heterocycles. The van der Waals surface area contributed by atoms with Crippen LogP contribution in [0, 0.1) is 13.8 Å². The third-order valence-electron chi connectivity index (χ3n) is 4.05. The van der Waals surface area contributed by atoms with Gasteiger partial charge in [-0.05, 0) is 37.1 Å². The first-order chi connectivity index (χ1) is 13.0. The maximum atomic E-state index is 12.3. The fourth-order valence-electron chi connectivity index (χ4n) is 2.69. The number of carbonyl (C=O) groups is 2. The summed E-state index contributed by atoms with van der Waals surface area (Å²) in [6.45, 7) is 3.95. The Balaban J connectivity index is 1.69. The molecule has 0 saturated heterocycles. The highest BCUT2D eigenvalue weighted by Crippen LogP contribution is 2.13. The van der Waals surface area contributed by atoms with Crippen LogP contribution in [0.3, 0.4) is 0 Å². The summed E-state index contributed by atoms with van der Waals surface area (Å²) in [5, 5.41) is 6.80. The Morgan fingerprint density at radius 1 is 1.04 bits per heavy atom. The van der Waals surface area contributed by atoms with Crippen LogP contribution < -0.4 is 16.4 Å². The normalized spacial score (nSPS) is 10.9. The molecule has 3 aromatic rings. The molecule has 0 fully saturated rings. The van der Waals surface area contributed by atoms with Crippen LogP contribution in [-0.4, -0.2) is 22.0 Å². The zero-order chi connectivity index (χ0) is 19.4. The van der Waals surface area contributed by atoms with Gasteiger partial charge in [0.1, 0.15) is 0 Å². The van der Waals surface area contributed by atoms with Gasteiger partial charge in [0.15, 0.2) is 5.69 Å². The number of aromatic amines is 1. The zero-order valence-corrected chi connectivity index (χ0v) is 14.9. The van der Waals surface area contributed by atoms with E-state index in [1.807, 2.05) is 32.0 Å². The first kappa shape index (κ1) is 18.1. The van der Waals surface area contributed by atoms with Crippen LogP contribution in [0.4, 0.5) is 0 Å². The van der Waals surface area contributed by atoms with E-state index >= 15 is 0 Å². The van der Waals surface area contributed by atoms with Gasteiger partial charge in [-0.3, -0.25) is 25.2 Å². The summed E-state index contributed by atoms with van der Waals surface area (Å²) in [4.78, 5) is 36.0. The predicted octanol–water partition coefficient (Wildman–Crippen LogP) is 2.01. The third-order valence-corrected chi connectivity index (χ3v) is 4.05. The second kappa shape index (κ2) is 7.65. The minimum atomic E-state index is -0.629. The van der Waals surface area contributed by atoms with Gasteiger partial charge in [-0.1, -0.05) is 42.0 Å². The highest BCUT2D eigenvalue weighted by molar-refractivity contribution is 6.05. The predicted molar refractivity (Wildman–Crippen MR) is 103 cm³/mol. The largest absolute Gasteiger partial charge is 0.290 e. The number of hydrogen-bond donors (Lipinski definition) is 3. The molecule has 7 nitrogen and oxygen atoms in total. The van der Waals surface area contributed by atoms with Gasteiger partial charge in [0.2, 0.25) is 0 Å². The molecule has 2 aromatic carbocycles. The molecule has 0 aliphatic rings. The van der Waals surface area contributed by atoms with E-state index in [1.165, 1.54) is 6.08 Å². The second-order valence-electron chi connectivity index (χ2n) is 6.08. The van der Waals surface area contributed by atoms with E-state index in [0.29, 0.717) is 10.8 Å². The van der Waals surface area contributed by atoms with Crippen LogP contribution >= 0.6 is 0 Å². The smallest absolute Gasteiger partial charge is 0.268 e. The molecule has 0 aliphatic carbocycles. The molecule has 0 bridgehead atoms. The van der Waals surface area contributed by atoms with Crippen LogP contribution in [0.2, 0.25) is 0 Å². The lowest BCUT2D eigenvalue weighted by Crippen LogP contribution is -2.41. The lowest BCUT2D eigenvalue weighted by Gasteiger charge is -2.07. The van der Waals surface area contributed by atoms with Crippen LogP contribution in [0.1, 0.15) is 27.2 Å². The molecule has 0 spiro atoms. The van der Waals surface area contributed by atoms with Crippen LogP contribution in [0.15, 0.2) is 53.3 Å². The minimum absolute atomic E-state index is 0.0175. The molecule has 136 valence electrons. The number of nitrogens with zero attached hydrogens (tertiary/aromatic N) is 1. The number of nitrogens with one attached hydrogen (secondary N) is 3. The lowest BCUT2D eigenvalue weighted by molar-refractivity contribution is -0.117. The van der Waals surface area contributed by atoms with Gasteiger partial charge in [0.25, 0.3) is 17.4 Å².